The molecule has 1 aliphatic heterocycles. The van der Waals surface area contributed by atoms with Crippen LogP contribution in [0.2, 0.25) is 0 Å². The molecule has 0 radical (unpaired) electrons. The number of hydrogen-bond acceptors (Lipinski definition) is 6. The van der Waals surface area contributed by atoms with Gasteiger partial charge >= 0.3 is 0 Å². The van der Waals surface area contributed by atoms with Gasteiger partial charge in [0.25, 0.3) is 0 Å². The number of hydrogen-bond donors (Lipinski definition) is 1. The Labute approximate surface area is 129 Å². The highest BCUT2D eigenvalue weighted by molar-refractivity contribution is 7.99. The number of nitrogens with zero attached hydrogens (tertiary/aromatic N) is 4. The molecule has 2 N–H and O–H groups in total. The molecule has 0 spiro atoms. The van der Waals surface area contributed by atoms with Gasteiger partial charge in [0.2, 0.25) is 11.9 Å². The Hall–Kier alpha value is -1.82. The number of anilines is 2. The van der Waals surface area contributed by atoms with Gasteiger partial charge in [0.05, 0.1) is 0 Å². The van der Waals surface area contributed by atoms with E-state index in [1.165, 1.54) is 24.0 Å². The van der Waals surface area contributed by atoms with E-state index in [2.05, 4.69) is 51.9 Å². The highest BCUT2D eigenvalue weighted by Crippen LogP contribution is 2.30. The molecular formula is C15H19N5S. The van der Waals surface area contributed by atoms with Gasteiger partial charge in [-0.15, -0.1) is 0 Å². The molecule has 110 valence electrons. The van der Waals surface area contributed by atoms with Crippen molar-refractivity contribution in [3.8, 4) is 0 Å². The van der Waals surface area contributed by atoms with Crippen LogP contribution in [-0.4, -0.2) is 28.0 Å². The third-order valence-electron chi connectivity index (χ3n) is 3.55. The molecule has 6 heteroatoms. The molecule has 21 heavy (non-hydrogen) atoms. The van der Waals surface area contributed by atoms with E-state index >= 15 is 0 Å². The summed E-state index contributed by atoms with van der Waals surface area (Å²) in [7, 11) is 0. The van der Waals surface area contributed by atoms with Crippen molar-refractivity contribution in [3.05, 3.63) is 29.3 Å². The van der Waals surface area contributed by atoms with Crippen molar-refractivity contribution < 1.29 is 0 Å². The Morgan fingerprint density at radius 3 is 2.62 bits per heavy atom. The lowest BCUT2D eigenvalue weighted by Crippen LogP contribution is -2.21. The Bertz CT molecular complexity index is 653. The minimum atomic E-state index is 0.291. The van der Waals surface area contributed by atoms with Gasteiger partial charge in [-0.25, -0.2) is 0 Å². The summed E-state index contributed by atoms with van der Waals surface area (Å²) in [4.78, 5) is 16.4. The van der Waals surface area contributed by atoms with Crippen molar-refractivity contribution in [1.82, 2.24) is 15.0 Å². The van der Waals surface area contributed by atoms with Gasteiger partial charge in [-0.3, -0.25) is 0 Å². The van der Waals surface area contributed by atoms with Crippen LogP contribution >= 0.6 is 11.8 Å². The molecule has 0 unspecified atom stereocenters. The van der Waals surface area contributed by atoms with Gasteiger partial charge in [0, 0.05) is 18.0 Å². The number of benzene rings is 1. The van der Waals surface area contributed by atoms with Crippen LogP contribution < -0.4 is 10.6 Å². The summed E-state index contributed by atoms with van der Waals surface area (Å²) in [5.41, 5.74) is 8.29. The molecule has 0 saturated carbocycles. The standard InChI is InChI=1S/C15H19N5S/c1-10-5-6-11(2)12(9-10)21-15-18-13(16)17-14(19-15)20-7-3-4-8-20/h5-6,9H,3-4,7-8H2,1-2H3,(H2,16,17,18,19). The minimum absolute atomic E-state index is 0.291. The normalized spacial score (nSPS) is 14.7. The predicted octanol–water partition coefficient (Wildman–Crippen LogP) is 2.82. The Morgan fingerprint density at radius 1 is 1.10 bits per heavy atom. The van der Waals surface area contributed by atoms with Crippen molar-refractivity contribution >= 4 is 23.7 Å². The van der Waals surface area contributed by atoms with Crippen LogP contribution in [0.4, 0.5) is 11.9 Å². The van der Waals surface area contributed by atoms with E-state index in [0.29, 0.717) is 17.1 Å². The van der Waals surface area contributed by atoms with E-state index in [4.69, 9.17) is 5.73 Å². The fourth-order valence-corrected chi connectivity index (χ4v) is 3.32. The SMILES string of the molecule is Cc1ccc(C)c(Sc2nc(N)nc(N3CCCC3)n2)c1. The lowest BCUT2D eigenvalue weighted by Gasteiger charge is -2.15. The first-order chi connectivity index (χ1) is 10.1. The molecule has 1 fully saturated rings. The van der Waals surface area contributed by atoms with E-state index in [0.717, 1.165) is 18.0 Å². The third kappa shape index (κ3) is 3.26. The van der Waals surface area contributed by atoms with Crippen LogP contribution in [0.1, 0.15) is 24.0 Å². The zero-order valence-corrected chi connectivity index (χ0v) is 13.2. The zero-order valence-electron chi connectivity index (χ0n) is 12.3. The number of aryl methyl sites for hydroxylation is 2. The van der Waals surface area contributed by atoms with Crippen LogP contribution in [0.3, 0.4) is 0 Å². The summed E-state index contributed by atoms with van der Waals surface area (Å²) >= 11 is 1.55. The number of aromatic nitrogens is 3. The van der Waals surface area contributed by atoms with Crippen LogP contribution in [0.5, 0.6) is 0 Å². The van der Waals surface area contributed by atoms with Crippen molar-refractivity contribution in [2.45, 2.75) is 36.7 Å². The molecule has 1 aromatic heterocycles. The molecule has 3 rings (SSSR count). The Morgan fingerprint density at radius 2 is 1.86 bits per heavy atom. The number of nitrogens with two attached hydrogens (primary N) is 1. The van der Waals surface area contributed by atoms with Gasteiger partial charge < -0.3 is 10.6 Å². The molecule has 2 heterocycles. The first-order valence-corrected chi connectivity index (χ1v) is 7.95. The average molecular weight is 301 g/mol. The van der Waals surface area contributed by atoms with Crippen LogP contribution in [0, 0.1) is 13.8 Å². The monoisotopic (exact) mass is 301 g/mol. The Kier molecular flexibility index (Phi) is 3.96. The smallest absolute Gasteiger partial charge is 0.231 e. The minimum Gasteiger partial charge on any atom is -0.368 e. The highest BCUT2D eigenvalue weighted by atomic mass is 32.2. The number of rotatable bonds is 3. The number of nitrogen functional groups attached to an aromatic ring is 1. The molecule has 5 nitrogen and oxygen atoms in total. The van der Waals surface area contributed by atoms with Crippen molar-refractivity contribution in [2.24, 2.45) is 0 Å². The third-order valence-corrected chi connectivity index (χ3v) is 4.58. The second kappa shape index (κ2) is 5.89. The van der Waals surface area contributed by atoms with Crippen LogP contribution in [0.15, 0.2) is 28.3 Å². The van der Waals surface area contributed by atoms with E-state index in [-0.39, 0.29) is 0 Å². The second-order valence-corrected chi connectivity index (χ2v) is 6.35. The van der Waals surface area contributed by atoms with Gasteiger partial charge in [-0.05, 0) is 55.6 Å². The molecular weight excluding hydrogens is 282 g/mol. The van der Waals surface area contributed by atoms with Gasteiger partial charge in [-0.2, -0.15) is 15.0 Å². The summed E-state index contributed by atoms with van der Waals surface area (Å²) in [5.74, 6) is 0.993. The van der Waals surface area contributed by atoms with Crippen LogP contribution in [-0.2, 0) is 0 Å². The van der Waals surface area contributed by atoms with E-state index in [1.807, 2.05) is 0 Å². The van der Waals surface area contributed by atoms with Gasteiger partial charge in [0.15, 0.2) is 5.16 Å². The summed E-state index contributed by atoms with van der Waals surface area (Å²) < 4.78 is 0. The van der Waals surface area contributed by atoms with E-state index < -0.39 is 0 Å². The molecule has 0 atom stereocenters. The topological polar surface area (TPSA) is 67.9 Å². The van der Waals surface area contributed by atoms with Crippen LogP contribution in [0.25, 0.3) is 0 Å². The summed E-state index contributed by atoms with van der Waals surface area (Å²) in [5, 5.41) is 0.665. The fraction of sp³-hybridized carbons (Fsp3) is 0.400. The fourth-order valence-electron chi connectivity index (χ4n) is 2.38. The zero-order chi connectivity index (χ0) is 14.8. The molecule has 1 saturated heterocycles. The summed E-state index contributed by atoms with van der Waals surface area (Å²) in [6.45, 7) is 6.17. The average Bonchev–Trinajstić information content (AvgIpc) is 2.96. The quantitative estimate of drug-likeness (QED) is 0.940. The Balaban J connectivity index is 1.89. The lowest BCUT2D eigenvalue weighted by molar-refractivity contribution is 0.833. The maximum Gasteiger partial charge on any atom is 0.231 e. The largest absolute Gasteiger partial charge is 0.368 e. The van der Waals surface area contributed by atoms with Gasteiger partial charge in [-0.1, -0.05) is 12.1 Å². The molecule has 0 bridgehead atoms. The predicted molar refractivity (Wildman–Crippen MR) is 85.7 cm³/mol. The first kappa shape index (κ1) is 14.1. The molecule has 1 aromatic carbocycles. The van der Waals surface area contributed by atoms with Crippen molar-refractivity contribution in [3.63, 3.8) is 0 Å². The van der Waals surface area contributed by atoms with Crippen molar-refractivity contribution in [2.75, 3.05) is 23.7 Å². The lowest BCUT2D eigenvalue weighted by atomic mass is 10.2. The highest BCUT2D eigenvalue weighted by Gasteiger charge is 2.17. The maximum absolute atomic E-state index is 5.85. The maximum atomic E-state index is 5.85. The molecule has 1 aliphatic rings. The molecule has 2 aromatic rings. The van der Waals surface area contributed by atoms with Crippen molar-refractivity contribution in [1.29, 1.82) is 0 Å². The second-order valence-electron chi connectivity index (χ2n) is 5.34. The summed E-state index contributed by atoms with van der Waals surface area (Å²) in [6, 6.07) is 6.37. The van der Waals surface area contributed by atoms with E-state index in [9.17, 15) is 0 Å². The summed E-state index contributed by atoms with van der Waals surface area (Å²) in [6.07, 6.45) is 2.37. The first-order valence-electron chi connectivity index (χ1n) is 7.13. The van der Waals surface area contributed by atoms with Gasteiger partial charge in [0.1, 0.15) is 0 Å². The van der Waals surface area contributed by atoms with E-state index in [1.54, 1.807) is 11.8 Å². The molecule has 0 amide bonds. The molecule has 0 aliphatic carbocycles.